The lowest BCUT2D eigenvalue weighted by Crippen LogP contribution is -2.45. The standard InChI is InChI=1S/C16H24N2O3/c1-12(2)11-14(17)16(21)18(10-6-9-15(19)20)13-7-4-3-5-8-13/h3-5,7-8,12,14H,6,9-11,17H2,1-2H3,(H,19,20)/t14-/m0/s1. The van der Waals surface area contributed by atoms with Crippen LogP contribution in [0.25, 0.3) is 0 Å². The van der Waals surface area contributed by atoms with E-state index in [9.17, 15) is 9.59 Å². The lowest BCUT2D eigenvalue weighted by atomic mass is 10.0. The molecule has 0 spiro atoms. The molecular weight excluding hydrogens is 268 g/mol. The lowest BCUT2D eigenvalue weighted by Gasteiger charge is -2.26. The number of rotatable bonds is 8. The predicted octanol–water partition coefficient (Wildman–Crippen LogP) is 2.26. The molecule has 0 saturated carbocycles. The van der Waals surface area contributed by atoms with E-state index in [0.717, 1.165) is 5.69 Å². The SMILES string of the molecule is CC(C)C[C@H](N)C(=O)N(CCCC(=O)O)c1ccccc1. The Balaban J connectivity index is 2.80. The van der Waals surface area contributed by atoms with E-state index >= 15 is 0 Å². The number of nitrogens with two attached hydrogens (primary N) is 1. The molecule has 0 unspecified atom stereocenters. The van der Waals surface area contributed by atoms with Gasteiger partial charge in [0.25, 0.3) is 0 Å². The van der Waals surface area contributed by atoms with E-state index in [4.69, 9.17) is 10.8 Å². The van der Waals surface area contributed by atoms with Crippen molar-refractivity contribution < 1.29 is 14.7 Å². The van der Waals surface area contributed by atoms with Gasteiger partial charge in [-0.15, -0.1) is 0 Å². The molecule has 0 aliphatic heterocycles. The number of carbonyl (C=O) groups excluding carboxylic acids is 1. The van der Waals surface area contributed by atoms with Gasteiger partial charge < -0.3 is 15.7 Å². The Morgan fingerprint density at radius 3 is 2.38 bits per heavy atom. The number of benzene rings is 1. The number of hydrogen-bond donors (Lipinski definition) is 2. The molecule has 0 aliphatic rings. The summed E-state index contributed by atoms with van der Waals surface area (Å²) in [4.78, 5) is 24.7. The first-order chi connectivity index (χ1) is 9.91. The van der Waals surface area contributed by atoms with E-state index in [2.05, 4.69) is 0 Å². The van der Waals surface area contributed by atoms with Crippen LogP contribution in [-0.2, 0) is 9.59 Å². The molecule has 3 N–H and O–H groups in total. The van der Waals surface area contributed by atoms with Crippen molar-refractivity contribution in [2.75, 3.05) is 11.4 Å². The van der Waals surface area contributed by atoms with E-state index in [1.165, 1.54) is 0 Å². The number of para-hydroxylation sites is 1. The average Bonchev–Trinajstić information content (AvgIpc) is 2.43. The number of anilines is 1. The van der Waals surface area contributed by atoms with Crippen LogP contribution >= 0.6 is 0 Å². The maximum atomic E-state index is 12.5. The molecule has 5 heteroatoms. The highest BCUT2D eigenvalue weighted by Crippen LogP contribution is 2.17. The van der Waals surface area contributed by atoms with E-state index in [1.54, 1.807) is 4.90 Å². The van der Waals surface area contributed by atoms with Gasteiger partial charge in [-0.3, -0.25) is 9.59 Å². The molecule has 0 aliphatic carbocycles. The summed E-state index contributed by atoms with van der Waals surface area (Å²) in [7, 11) is 0. The first kappa shape index (κ1) is 17.2. The van der Waals surface area contributed by atoms with Crippen LogP contribution in [0.1, 0.15) is 33.1 Å². The quantitative estimate of drug-likeness (QED) is 0.769. The minimum absolute atomic E-state index is 0.0377. The molecule has 0 radical (unpaired) electrons. The minimum atomic E-state index is -0.859. The highest BCUT2D eigenvalue weighted by molar-refractivity contribution is 5.97. The van der Waals surface area contributed by atoms with Crippen molar-refractivity contribution in [3.05, 3.63) is 30.3 Å². The van der Waals surface area contributed by atoms with Crippen molar-refractivity contribution >= 4 is 17.6 Å². The van der Waals surface area contributed by atoms with Crippen molar-refractivity contribution in [1.29, 1.82) is 0 Å². The molecule has 5 nitrogen and oxygen atoms in total. The number of hydrogen-bond acceptors (Lipinski definition) is 3. The second-order valence-corrected chi connectivity index (χ2v) is 5.56. The number of amides is 1. The molecule has 116 valence electrons. The zero-order valence-corrected chi connectivity index (χ0v) is 12.7. The predicted molar refractivity (Wildman–Crippen MR) is 83.1 cm³/mol. The molecule has 0 saturated heterocycles. The van der Waals surface area contributed by atoms with Crippen LogP contribution in [0, 0.1) is 5.92 Å². The molecule has 0 fully saturated rings. The number of carboxylic acid groups (broad SMARTS) is 1. The van der Waals surface area contributed by atoms with Gasteiger partial charge in [-0.05, 0) is 30.9 Å². The van der Waals surface area contributed by atoms with Crippen LogP contribution in [0.2, 0.25) is 0 Å². The van der Waals surface area contributed by atoms with Crippen LogP contribution in [0.15, 0.2) is 30.3 Å². The number of carbonyl (C=O) groups is 2. The van der Waals surface area contributed by atoms with E-state index in [-0.39, 0.29) is 12.3 Å². The molecule has 1 amide bonds. The molecule has 0 bridgehead atoms. The third kappa shape index (κ3) is 5.95. The summed E-state index contributed by atoms with van der Waals surface area (Å²) >= 11 is 0. The Morgan fingerprint density at radius 2 is 1.86 bits per heavy atom. The molecule has 1 aromatic rings. The number of nitrogens with zero attached hydrogens (tertiary/aromatic N) is 1. The van der Waals surface area contributed by atoms with Crippen molar-refractivity contribution in [1.82, 2.24) is 0 Å². The van der Waals surface area contributed by atoms with Gasteiger partial charge in [-0.25, -0.2) is 0 Å². The topological polar surface area (TPSA) is 83.6 Å². The first-order valence-corrected chi connectivity index (χ1v) is 7.25. The van der Waals surface area contributed by atoms with Crippen molar-refractivity contribution in [3.8, 4) is 0 Å². The fourth-order valence-corrected chi connectivity index (χ4v) is 2.17. The van der Waals surface area contributed by atoms with Crippen molar-refractivity contribution in [3.63, 3.8) is 0 Å². The fraction of sp³-hybridized carbons (Fsp3) is 0.500. The number of aliphatic carboxylic acids is 1. The summed E-state index contributed by atoms with van der Waals surface area (Å²) in [5.41, 5.74) is 6.74. The summed E-state index contributed by atoms with van der Waals surface area (Å²) in [6.45, 7) is 4.40. The molecule has 0 aromatic heterocycles. The van der Waals surface area contributed by atoms with Crippen LogP contribution in [0.3, 0.4) is 0 Å². The lowest BCUT2D eigenvalue weighted by molar-refractivity contribution is -0.137. The first-order valence-electron chi connectivity index (χ1n) is 7.25. The fourth-order valence-electron chi connectivity index (χ4n) is 2.17. The molecular formula is C16H24N2O3. The Bertz CT molecular complexity index is 460. The van der Waals surface area contributed by atoms with Gasteiger partial charge in [-0.1, -0.05) is 32.0 Å². The van der Waals surface area contributed by atoms with E-state index in [1.807, 2.05) is 44.2 Å². The normalized spacial score (nSPS) is 12.2. The van der Waals surface area contributed by atoms with Crippen LogP contribution < -0.4 is 10.6 Å². The van der Waals surface area contributed by atoms with E-state index < -0.39 is 12.0 Å². The van der Waals surface area contributed by atoms with Gasteiger partial charge in [0.1, 0.15) is 0 Å². The Hall–Kier alpha value is -1.88. The van der Waals surface area contributed by atoms with Gasteiger partial charge in [0.15, 0.2) is 0 Å². The van der Waals surface area contributed by atoms with Gasteiger partial charge in [0.2, 0.25) is 5.91 Å². The second-order valence-electron chi connectivity index (χ2n) is 5.56. The average molecular weight is 292 g/mol. The molecule has 1 aromatic carbocycles. The van der Waals surface area contributed by atoms with Gasteiger partial charge in [0, 0.05) is 18.7 Å². The maximum absolute atomic E-state index is 12.5. The zero-order chi connectivity index (χ0) is 15.8. The second kappa shape index (κ2) is 8.42. The molecule has 1 atom stereocenters. The van der Waals surface area contributed by atoms with E-state index in [0.29, 0.717) is 25.3 Å². The van der Waals surface area contributed by atoms with Crippen LogP contribution in [0.5, 0.6) is 0 Å². The van der Waals surface area contributed by atoms with Gasteiger partial charge >= 0.3 is 5.97 Å². The smallest absolute Gasteiger partial charge is 0.303 e. The maximum Gasteiger partial charge on any atom is 0.303 e. The van der Waals surface area contributed by atoms with Crippen LogP contribution in [0.4, 0.5) is 5.69 Å². The zero-order valence-electron chi connectivity index (χ0n) is 12.7. The largest absolute Gasteiger partial charge is 0.481 e. The monoisotopic (exact) mass is 292 g/mol. The summed E-state index contributed by atoms with van der Waals surface area (Å²) in [6.07, 6.45) is 1.06. The molecule has 21 heavy (non-hydrogen) atoms. The van der Waals surface area contributed by atoms with Crippen molar-refractivity contribution in [2.45, 2.75) is 39.2 Å². The molecule has 0 heterocycles. The highest BCUT2D eigenvalue weighted by Gasteiger charge is 2.23. The third-order valence-electron chi connectivity index (χ3n) is 3.15. The Labute approximate surface area is 125 Å². The summed E-state index contributed by atoms with van der Waals surface area (Å²) < 4.78 is 0. The van der Waals surface area contributed by atoms with Gasteiger partial charge in [-0.2, -0.15) is 0 Å². The minimum Gasteiger partial charge on any atom is -0.481 e. The Morgan fingerprint density at radius 1 is 1.24 bits per heavy atom. The summed E-state index contributed by atoms with van der Waals surface area (Å²) in [6, 6.07) is 8.68. The highest BCUT2D eigenvalue weighted by atomic mass is 16.4. The molecule has 1 rings (SSSR count). The van der Waals surface area contributed by atoms with Crippen LogP contribution in [-0.4, -0.2) is 29.6 Å². The van der Waals surface area contributed by atoms with Gasteiger partial charge in [0.05, 0.1) is 6.04 Å². The number of carboxylic acids is 1. The Kier molecular flexibility index (Phi) is 6.88. The summed E-state index contributed by atoms with van der Waals surface area (Å²) in [5, 5.41) is 8.74. The third-order valence-corrected chi connectivity index (χ3v) is 3.15. The summed E-state index contributed by atoms with van der Waals surface area (Å²) in [5.74, 6) is -0.678. The van der Waals surface area contributed by atoms with Crippen molar-refractivity contribution in [2.24, 2.45) is 11.7 Å².